The zero-order chi connectivity index (χ0) is 11.3. The first kappa shape index (κ1) is 12.7. The van der Waals surface area contributed by atoms with Crippen LogP contribution in [0.15, 0.2) is 11.1 Å². The summed E-state index contributed by atoms with van der Waals surface area (Å²) in [5.41, 5.74) is 0. The number of thioether (sulfide) groups is 1. The third-order valence-corrected chi connectivity index (χ3v) is 2.77. The summed E-state index contributed by atoms with van der Waals surface area (Å²) in [5.74, 6) is 0.553. The van der Waals surface area contributed by atoms with Crippen molar-refractivity contribution in [3.8, 4) is 0 Å². The quantitative estimate of drug-likeness (QED) is 0.636. The van der Waals surface area contributed by atoms with Crippen LogP contribution >= 0.6 is 23.4 Å². The van der Waals surface area contributed by atoms with Gasteiger partial charge in [0.15, 0.2) is 5.82 Å². The van der Waals surface area contributed by atoms with Gasteiger partial charge in [-0.25, -0.2) is 9.97 Å². The average molecular weight is 249 g/mol. The van der Waals surface area contributed by atoms with Crippen molar-refractivity contribution in [3.63, 3.8) is 0 Å². The molecule has 1 rings (SSSR count). The standard InChI is InChI=1S/C9H13ClN2O2S/c1-6(4-13)15-9-3-7(10)11-8(12-9)5-14-2/h3,6,13H,4-5H2,1-2H3. The van der Waals surface area contributed by atoms with Crippen molar-refractivity contribution in [1.29, 1.82) is 0 Å². The molecule has 1 heterocycles. The van der Waals surface area contributed by atoms with Gasteiger partial charge < -0.3 is 9.84 Å². The molecule has 1 atom stereocenters. The first-order valence-electron chi connectivity index (χ1n) is 4.45. The molecule has 0 radical (unpaired) electrons. The van der Waals surface area contributed by atoms with Gasteiger partial charge in [0.2, 0.25) is 0 Å². The van der Waals surface area contributed by atoms with Crippen LogP contribution in [0.2, 0.25) is 5.15 Å². The molecule has 0 spiro atoms. The average Bonchev–Trinajstić information content (AvgIpc) is 2.17. The molecule has 0 aliphatic rings. The third kappa shape index (κ3) is 4.34. The fourth-order valence-corrected chi connectivity index (χ4v) is 2.03. The second-order valence-corrected chi connectivity index (χ2v) is 4.84. The first-order chi connectivity index (χ1) is 7.15. The summed E-state index contributed by atoms with van der Waals surface area (Å²) in [6.07, 6.45) is 0. The van der Waals surface area contributed by atoms with E-state index in [1.54, 1.807) is 13.2 Å². The summed E-state index contributed by atoms with van der Waals surface area (Å²) < 4.78 is 4.93. The summed E-state index contributed by atoms with van der Waals surface area (Å²) >= 11 is 7.29. The SMILES string of the molecule is COCc1nc(Cl)cc(SC(C)CO)n1. The minimum absolute atomic E-state index is 0.0892. The van der Waals surface area contributed by atoms with E-state index in [-0.39, 0.29) is 11.9 Å². The zero-order valence-corrected chi connectivity index (χ0v) is 10.2. The predicted molar refractivity (Wildman–Crippen MR) is 60.2 cm³/mol. The third-order valence-electron chi connectivity index (χ3n) is 1.57. The number of rotatable bonds is 5. The molecule has 0 fully saturated rings. The van der Waals surface area contributed by atoms with Crippen LogP contribution in [0, 0.1) is 0 Å². The molecule has 4 nitrogen and oxygen atoms in total. The van der Waals surface area contributed by atoms with Crippen molar-refractivity contribution in [1.82, 2.24) is 9.97 Å². The highest BCUT2D eigenvalue weighted by molar-refractivity contribution is 7.99. The maximum atomic E-state index is 8.92. The molecule has 84 valence electrons. The topological polar surface area (TPSA) is 55.2 Å². The summed E-state index contributed by atoms with van der Waals surface area (Å²) in [7, 11) is 1.58. The Morgan fingerprint density at radius 2 is 2.33 bits per heavy atom. The number of hydrogen-bond donors (Lipinski definition) is 1. The van der Waals surface area contributed by atoms with Crippen molar-refractivity contribution in [2.45, 2.75) is 23.8 Å². The van der Waals surface area contributed by atoms with Gasteiger partial charge in [-0.3, -0.25) is 0 Å². The van der Waals surface area contributed by atoms with Gasteiger partial charge in [-0.1, -0.05) is 18.5 Å². The highest BCUT2D eigenvalue weighted by Crippen LogP contribution is 2.23. The highest BCUT2D eigenvalue weighted by Gasteiger charge is 2.07. The van der Waals surface area contributed by atoms with Crippen molar-refractivity contribution >= 4 is 23.4 Å². The summed E-state index contributed by atoms with van der Waals surface area (Å²) in [6, 6.07) is 1.68. The van der Waals surface area contributed by atoms with E-state index < -0.39 is 0 Å². The monoisotopic (exact) mass is 248 g/mol. The Kier molecular flexibility index (Phi) is 5.31. The van der Waals surface area contributed by atoms with Crippen LogP contribution in [-0.4, -0.2) is 34.0 Å². The van der Waals surface area contributed by atoms with Crippen molar-refractivity contribution in [2.24, 2.45) is 0 Å². The van der Waals surface area contributed by atoms with Crippen LogP contribution in [0.1, 0.15) is 12.7 Å². The molecule has 1 N–H and O–H groups in total. The van der Waals surface area contributed by atoms with Gasteiger partial charge >= 0.3 is 0 Å². The lowest BCUT2D eigenvalue weighted by Gasteiger charge is -2.08. The van der Waals surface area contributed by atoms with Crippen LogP contribution < -0.4 is 0 Å². The molecule has 0 aromatic carbocycles. The van der Waals surface area contributed by atoms with Crippen molar-refractivity contribution in [3.05, 3.63) is 17.0 Å². The fraction of sp³-hybridized carbons (Fsp3) is 0.556. The molecule has 0 saturated heterocycles. The van der Waals surface area contributed by atoms with E-state index in [1.165, 1.54) is 11.8 Å². The maximum Gasteiger partial charge on any atom is 0.156 e. The number of aliphatic hydroxyl groups is 1. The van der Waals surface area contributed by atoms with Gasteiger partial charge in [-0.2, -0.15) is 0 Å². The summed E-state index contributed by atoms with van der Waals surface area (Å²) in [4.78, 5) is 8.25. The van der Waals surface area contributed by atoms with Gasteiger partial charge in [0.1, 0.15) is 16.8 Å². The lowest BCUT2D eigenvalue weighted by molar-refractivity contribution is 0.177. The second kappa shape index (κ2) is 6.27. The summed E-state index contributed by atoms with van der Waals surface area (Å²) in [5, 5.41) is 10.2. The largest absolute Gasteiger partial charge is 0.395 e. The predicted octanol–water partition coefficient (Wildman–Crippen LogP) is 1.75. The van der Waals surface area contributed by atoms with Crippen LogP contribution in [0.3, 0.4) is 0 Å². The summed E-state index contributed by atoms with van der Waals surface area (Å²) in [6.45, 7) is 2.35. The molecular formula is C9H13ClN2O2S. The van der Waals surface area contributed by atoms with E-state index in [4.69, 9.17) is 21.4 Å². The Bertz CT molecular complexity index is 325. The van der Waals surface area contributed by atoms with Crippen LogP contribution in [0.5, 0.6) is 0 Å². The number of halogens is 1. The number of methoxy groups -OCH3 is 1. The smallest absolute Gasteiger partial charge is 0.156 e. The normalized spacial score (nSPS) is 12.8. The Balaban J connectivity index is 2.78. The molecule has 0 amide bonds. The van der Waals surface area contributed by atoms with Gasteiger partial charge in [0, 0.05) is 18.4 Å². The molecule has 0 saturated carbocycles. The van der Waals surface area contributed by atoms with E-state index in [1.807, 2.05) is 6.92 Å². The Morgan fingerprint density at radius 1 is 1.60 bits per heavy atom. The van der Waals surface area contributed by atoms with E-state index in [0.717, 1.165) is 5.03 Å². The van der Waals surface area contributed by atoms with E-state index in [2.05, 4.69) is 9.97 Å². The maximum absolute atomic E-state index is 8.92. The molecule has 0 aliphatic carbocycles. The van der Waals surface area contributed by atoms with E-state index in [0.29, 0.717) is 17.6 Å². The zero-order valence-electron chi connectivity index (χ0n) is 8.61. The number of aliphatic hydroxyl groups excluding tert-OH is 1. The van der Waals surface area contributed by atoms with E-state index in [9.17, 15) is 0 Å². The van der Waals surface area contributed by atoms with Crippen molar-refractivity contribution < 1.29 is 9.84 Å². The minimum atomic E-state index is 0.0892. The number of ether oxygens (including phenoxy) is 1. The molecule has 1 aromatic rings. The van der Waals surface area contributed by atoms with E-state index >= 15 is 0 Å². The Morgan fingerprint density at radius 3 is 2.93 bits per heavy atom. The van der Waals surface area contributed by atoms with Crippen molar-refractivity contribution in [2.75, 3.05) is 13.7 Å². The molecular weight excluding hydrogens is 236 g/mol. The molecule has 0 bridgehead atoms. The molecule has 1 aromatic heterocycles. The molecule has 1 unspecified atom stereocenters. The number of aromatic nitrogens is 2. The van der Waals surface area contributed by atoms with Crippen LogP contribution in [-0.2, 0) is 11.3 Å². The molecule has 0 aliphatic heterocycles. The lowest BCUT2D eigenvalue weighted by Crippen LogP contribution is -2.04. The minimum Gasteiger partial charge on any atom is -0.395 e. The molecule has 6 heteroatoms. The van der Waals surface area contributed by atoms with Gasteiger partial charge in [0.05, 0.1) is 6.61 Å². The molecule has 15 heavy (non-hydrogen) atoms. The number of hydrogen-bond acceptors (Lipinski definition) is 5. The second-order valence-electron chi connectivity index (χ2n) is 2.99. The van der Waals surface area contributed by atoms with Gasteiger partial charge in [-0.05, 0) is 0 Å². The van der Waals surface area contributed by atoms with Crippen LogP contribution in [0.4, 0.5) is 0 Å². The van der Waals surface area contributed by atoms with Gasteiger partial charge in [0.25, 0.3) is 0 Å². The van der Waals surface area contributed by atoms with Crippen LogP contribution in [0.25, 0.3) is 0 Å². The highest BCUT2D eigenvalue weighted by atomic mass is 35.5. The fourth-order valence-electron chi connectivity index (χ4n) is 0.939. The Hall–Kier alpha value is -0.360. The number of nitrogens with zero attached hydrogens (tertiary/aromatic N) is 2. The Labute approximate surface area is 98.0 Å². The first-order valence-corrected chi connectivity index (χ1v) is 5.71. The van der Waals surface area contributed by atoms with Gasteiger partial charge in [-0.15, -0.1) is 11.8 Å². The lowest BCUT2D eigenvalue weighted by atomic mass is 10.5.